The van der Waals surface area contributed by atoms with E-state index in [1.165, 1.54) is 38.3 Å². The van der Waals surface area contributed by atoms with Crippen molar-refractivity contribution in [2.24, 2.45) is 0 Å². The summed E-state index contributed by atoms with van der Waals surface area (Å²) in [6, 6.07) is 12.5. The Morgan fingerprint density at radius 1 is 0.714 bits per heavy atom. The number of carbonyl (C=O) groups is 3. The molecule has 1 atom stereocenters. The normalized spacial score (nSPS) is 9.76. The number of halogens is 5. The Hall–Kier alpha value is -3.20. The SMILES string of the molecule is CNC.CNC.CNC.COc1c(Cl)ccc(Cl)c1C(=O)O.Cc1cc(Cl)ccc1OC(C)C(=O)O.O=C(O)COc1ccc(Cl)cc1Cl. The zero-order chi connectivity index (χ0) is 38.7. The summed E-state index contributed by atoms with van der Waals surface area (Å²) in [6.45, 7) is 2.88. The molecule has 0 heterocycles. The van der Waals surface area contributed by atoms with Crippen LogP contribution in [0, 0.1) is 6.92 Å². The Bertz CT molecular complexity index is 1410. The molecule has 0 saturated carbocycles. The molecular formula is C32H44Cl5N3O9. The molecule has 3 rings (SSSR count). The molecule has 0 aliphatic carbocycles. The van der Waals surface area contributed by atoms with Crippen LogP contribution in [0.1, 0.15) is 22.8 Å². The zero-order valence-electron chi connectivity index (χ0n) is 28.6. The van der Waals surface area contributed by atoms with Crippen molar-refractivity contribution >= 4 is 75.9 Å². The van der Waals surface area contributed by atoms with Gasteiger partial charge in [-0.3, -0.25) is 0 Å². The van der Waals surface area contributed by atoms with E-state index in [1.807, 2.05) is 49.2 Å². The third-order valence-electron chi connectivity index (χ3n) is 4.51. The molecule has 0 aromatic heterocycles. The van der Waals surface area contributed by atoms with E-state index in [-0.39, 0.29) is 21.4 Å². The lowest BCUT2D eigenvalue weighted by molar-refractivity contribution is -0.144. The quantitative estimate of drug-likeness (QED) is 0.136. The van der Waals surface area contributed by atoms with Crippen molar-refractivity contribution in [2.75, 3.05) is 56.0 Å². The molecule has 6 N–H and O–H groups in total. The van der Waals surface area contributed by atoms with Gasteiger partial charge in [0.05, 0.1) is 22.2 Å². The minimum absolute atomic E-state index is 0.0849. The molecule has 0 bridgehead atoms. The Labute approximate surface area is 312 Å². The van der Waals surface area contributed by atoms with Crippen LogP contribution in [0.5, 0.6) is 17.2 Å². The lowest BCUT2D eigenvalue weighted by Crippen LogP contribution is -2.23. The highest BCUT2D eigenvalue weighted by atomic mass is 35.5. The lowest BCUT2D eigenvalue weighted by atomic mass is 10.2. The molecule has 17 heteroatoms. The average Bonchev–Trinajstić information content (AvgIpc) is 3.00. The molecule has 1 unspecified atom stereocenters. The van der Waals surface area contributed by atoms with Crippen molar-refractivity contribution in [1.82, 2.24) is 16.0 Å². The second-order valence-electron chi connectivity index (χ2n) is 9.01. The summed E-state index contributed by atoms with van der Waals surface area (Å²) in [5, 5.41) is 35.7. The molecular weight excluding hydrogens is 748 g/mol. The number of methoxy groups -OCH3 is 1. The van der Waals surface area contributed by atoms with Crippen LogP contribution in [0.4, 0.5) is 0 Å². The highest BCUT2D eigenvalue weighted by molar-refractivity contribution is 6.37. The molecule has 49 heavy (non-hydrogen) atoms. The number of hydrogen-bond acceptors (Lipinski definition) is 9. The topological polar surface area (TPSA) is 176 Å². The number of carboxylic acids is 3. The Morgan fingerprint density at radius 3 is 1.53 bits per heavy atom. The number of aryl methyl sites for hydroxylation is 1. The van der Waals surface area contributed by atoms with E-state index < -0.39 is 30.6 Å². The van der Waals surface area contributed by atoms with E-state index in [0.717, 1.165) is 5.56 Å². The highest BCUT2D eigenvalue weighted by Crippen LogP contribution is 2.33. The molecule has 0 saturated heterocycles. The number of hydrogen-bond donors (Lipinski definition) is 6. The molecule has 3 aromatic rings. The number of aromatic carboxylic acids is 1. The van der Waals surface area contributed by atoms with Gasteiger partial charge in [-0.1, -0.05) is 58.0 Å². The summed E-state index contributed by atoms with van der Waals surface area (Å²) in [7, 11) is 12.6. The first-order valence-electron chi connectivity index (χ1n) is 13.9. The van der Waals surface area contributed by atoms with Gasteiger partial charge in [0.1, 0.15) is 17.1 Å². The summed E-state index contributed by atoms with van der Waals surface area (Å²) in [6.07, 6.45) is -0.852. The molecule has 0 aliphatic heterocycles. The Kier molecular flexibility index (Phi) is 30.4. The lowest BCUT2D eigenvalue weighted by Gasteiger charge is -2.12. The van der Waals surface area contributed by atoms with E-state index in [9.17, 15) is 14.4 Å². The maximum atomic E-state index is 10.7. The molecule has 276 valence electrons. The van der Waals surface area contributed by atoms with Gasteiger partial charge in [-0.2, -0.15) is 0 Å². The maximum Gasteiger partial charge on any atom is 0.344 e. The van der Waals surface area contributed by atoms with Crippen LogP contribution >= 0.6 is 58.0 Å². The predicted molar refractivity (Wildman–Crippen MR) is 198 cm³/mol. The smallest absolute Gasteiger partial charge is 0.344 e. The van der Waals surface area contributed by atoms with E-state index in [4.69, 9.17) is 87.5 Å². The fourth-order valence-electron chi connectivity index (χ4n) is 2.65. The predicted octanol–water partition coefficient (Wildman–Crippen LogP) is 7.16. The Morgan fingerprint density at radius 2 is 1.16 bits per heavy atom. The van der Waals surface area contributed by atoms with Gasteiger partial charge in [0.15, 0.2) is 18.5 Å². The minimum Gasteiger partial charge on any atom is -0.494 e. The monoisotopic (exact) mass is 789 g/mol. The van der Waals surface area contributed by atoms with Crippen molar-refractivity contribution in [3.05, 3.63) is 84.8 Å². The molecule has 0 spiro atoms. The summed E-state index contributed by atoms with van der Waals surface area (Å²) >= 11 is 28.4. The molecule has 0 radical (unpaired) electrons. The first-order chi connectivity index (χ1) is 22.9. The van der Waals surface area contributed by atoms with Gasteiger partial charge in [0.2, 0.25) is 0 Å². The molecule has 0 amide bonds. The van der Waals surface area contributed by atoms with Crippen LogP contribution in [-0.2, 0) is 9.59 Å². The van der Waals surface area contributed by atoms with Gasteiger partial charge < -0.3 is 45.5 Å². The largest absolute Gasteiger partial charge is 0.494 e. The summed E-state index contributed by atoms with van der Waals surface area (Å²) in [4.78, 5) is 31.4. The van der Waals surface area contributed by atoms with Gasteiger partial charge in [-0.15, -0.1) is 0 Å². The fraction of sp³-hybridized carbons (Fsp3) is 0.344. The third-order valence-corrected chi connectivity index (χ3v) is 5.89. The number of ether oxygens (including phenoxy) is 3. The van der Waals surface area contributed by atoms with Crippen LogP contribution in [0.3, 0.4) is 0 Å². The zero-order valence-corrected chi connectivity index (χ0v) is 32.4. The number of rotatable bonds is 8. The van der Waals surface area contributed by atoms with Crippen LogP contribution in [-0.4, -0.2) is 95.3 Å². The fourth-order valence-corrected chi connectivity index (χ4v) is 3.80. The van der Waals surface area contributed by atoms with Crippen molar-refractivity contribution < 1.29 is 43.9 Å². The summed E-state index contributed by atoms with van der Waals surface area (Å²) in [5.74, 6) is -2.26. The van der Waals surface area contributed by atoms with Crippen LogP contribution in [0.15, 0.2) is 48.5 Å². The third kappa shape index (κ3) is 23.7. The van der Waals surface area contributed by atoms with Crippen molar-refractivity contribution in [3.8, 4) is 17.2 Å². The number of benzene rings is 3. The second-order valence-corrected chi connectivity index (χ2v) is 11.1. The van der Waals surface area contributed by atoms with Crippen LogP contribution < -0.4 is 30.2 Å². The Balaban J connectivity index is -0.000000576. The first kappa shape index (κ1) is 50.2. The summed E-state index contributed by atoms with van der Waals surface area (Å²) in [5.41, 5.74) is 0.710. The highest BCUT2D eigenvalue weighted by Gasteiger charge is 2.18. The van der Waals surface area contributed by atoms with E-state index in [2.05, 4.69) is 16.0 Å². The number of nitrogens with one attached hydrogen (secondary N) is 3. The van der Waals surface area contributed by atoms with Gasteiger partial charge in [0.25, 0.3) is 0 Å². The van der Waals surface area contributed by atoms with Crippen molar-refractivity contribution in [1.29, 1.82) is 0 Å². The van der Waals surface area contributed by atoms with Gasteiger partial charge in [-0.05, 0) is 110 Å². The molecule has 0 aliphatic rings. The van der Waals surface area contributed by atoms with Crippen molar-refractivity contribution in [2.45, 2.75) is 20.0 Å². The molecule has 0 fully saturated rings. The molecule has 3 aromatic carbocycles. The number of aliphatic carboxylic acids is 2. The standard InChI is InChI=1S/C10H11ClO3.2C8H6Cl2O3.3C2H7N/c1-6-5-8(11)3-4-9(6)14-7(2)10(12)13;1-13-7-5(10)3-2-4(9)6(7)8(11)12;9-5-1-2-7(6(10)3-5)13-4-8(11)12;3*1-3-2/h3-5,7H,1-2H3,(H,12,13);2-3H,1H3,(H,11,12);1-3H,4H2,(H,11,12);3*3H,1-2H3. The minimum atomic E-state index is -1.16. The maximum absolute atomic E-state index is 10.7. The average molecular weight is 792 g/mol. The van der Waals surface area contributed by atoms with Crippen LogP contribution in [0.25, 0.3) is 0 Å². The van der Waals surface area contributed by atoms with Crippen LogP contribution in [0.2, 0.25) is 25.1 Å². The van der Waals surface area contributed by atoms with E-state index >= 15 is 0 Å². The van der Waals surface area contributed by atoms with Crippen molar-refractivity contribution in [3.63, 3.8) is 0 Å². The van der Waals surface area contributed by atoms with E-state index in [1.54, 1.807) is 24.3 Å². The van der Waals surface area contributed by atoms with Gasteiger partial charge >= 0.3 is 17.9 Å². The van der Waals surface area contributed by atoms with Gasteiger partial charge in [0, 0.05) is 10.0 Å². The van der Waals surface area contributed by atoms with E-state index in [0.29, 0.717) is 26.6 Å². The number of carboxylic acid groups (broad SMARTS) is 3. The van der Waals surface area contributed by atoms with Gasteiger partial charge in [-0.25, -0.2) is 14.4 Å². The molecule has 12 nitrogen and oxygen atoms in total. The summed E-state index contributed by atoms with van der Waals surface area (Å²) < 4.78 is 14.9. The second kappa shape index (κ2) is 29.7. The first-order valence-corrected chi connectivity index (χ1v) is 15.8.